The van der Waals surface area contributed by atoms with Crippen molar-refractivity contribution in [3.63, 3.8) is 0 Å². The summed E-state index contributed by atoms with van der Waals surface area (Å²) >= 11 is 0. The van der Waals surface area contributed by atoms with E-state index in [1.54, 1.807) is 0 Å². The van der Waals surface area contributed by atoms with Crippen LogP contribution in [0.4, 0.5) is 0 Å². The summed E-state index contributed by atoms with van der Waals surface area (Å²) in [5, 5.41) is 3.99. The van der Waals surface area contributed by atoms with Gasteiger partial charge in [0, 0.05) is 57.3 Å². The average molecular weight is 318 g/mol. The largest absolute Gasteiger partial charge is 0.360 e. The second-order valence-corrected chi connectivity index (χ2v) is 7.05. The van der Waals surface area contributed by atoms with Crippen molar-refractivity contribution in [1.82, 2.24) is 19.9 Å². The van der Waals surface area contributed by atoms with Crippen molar-refractivity contribution in [3.05, 3.63) is 17.5 Å². The van der Waals surface area contributed by atoms with Crippen molar-refractivity contribution in [2.75, 3.05) is 45.8 Å². The van der Waals surface area contributed by atoms with Crippen LogP contribution in [0, 0.1) is 0 Å². The van der Waals surface area contributed by atoms with Crippen molar-refractivity contribution in [2.24, 2.45) is 0 Å². The summed E-state index contributed by atoms with van der Waals surface area (Å²) in [6, 6.07) is 2.36. The Morgan fingerprint density at radius 3 is 2.70 bits per heavy atom. The molecule has 6 nitrogen and oxygen atoms in total. The van der Waals surface area contributed by atoms with E-state index in [1.165, 1.54) is 12.8 Å². The van der Waals surface area contributed by atoms with Crippen LogP contribution >= 0.6 is 0 Å². The smallest absolute Gasteiger partial charge is 0.276 e. The van der Waals surface area contributed by atoms with Gasteiger partial charge in [-0.1, -0.05) is 12.1 Å². The first-order valence-corrected chi connectivity index (χ1v) is 8.97. The van der Waals surface area contributed by atoms with Crippen molar-refractivity contribution < 1.29 is 9.32 Å². The van der Waals surface area contributed by atoms with Crippen LogP contribution in [0.15, 0.2) is 10.6 Å². The molecule has 1 amide bonds. The van der Waals surface area contributed by atoms with Crippen LogP contribution in [-0.4, -0.2) is 77.6 Å². The molecule has 4 rings (SSSR count). The van der Waals surface area contributed by atoms with Crippen LogP contribution in [0.1, 0.15) is 48.4 Å². The number of piperazine rings is 1. The maximum atomic E-state index is 12.6. The predicted octanol–water partition coefficient (Wildman–Crippen LogP) is 1.40. The van der Waals surface area contributed by atoms with Gasteiger partial charge in [0.1, 0.15) is 5.76 Å². The van der Waals surface area contributed by atoms with Gasteiger partial charge in [-0.05, 0) is 25.8 Å². The average Bonchev–Trinajstić information content (AvgIpc) is 3.14. The monoisotopic (exact) mass is 318 g/mol. The fourth-order valence-corrected chi connectivity index (χ4v) is 3.78. The highest BCUT2D eigenvalue weighted by Crippen LogP contribution is 2.40. The molecule has 6 heteroatoms. The van der Waals surface area contributed by atoms with E-state index in [0.717, 1.165) is 58.0 Å². The number of carbonyl (C=O) groups excluding carboxylic acids is 1. The summed E-state index contributed by atoms with van der Waals surface area (Å²) < 4.78 is 5.32. The highest BCUT2D eigenvalue weighted by Gasteiger charge is 2.34. The first-order valence-electron chi connectivity index (χ1n) is 8.97. The molecule has 0 N–H and O–H groups in total. The zero-order valence-electron chi connectivity index (χ0n) is 13.9. The third-order valence-corrected chi connectivity index (χ3v) is 5.55. The fourth-order valence-electron chi connectivity index (χ4n) is 3.78. The van der Waals surface area contributed by atoms with Crippen molar-refractivity contribution in [2.45, 2.75) is 38.1 Å². The molecule has 0 spiro atoms. The minimum Gasteiger partial charge on any atom is -0.360 e. The number of aromatic nitrogens is 1. The third-order valence-electron chi connectivity index (χ3n) is 5.55. The Labute approximate surface area is 137 Å². The van der Waals surface area contributed by atoms with Gasteiger partial charge in [-0.3, -0.25) is 9.69 Å². The molecule has 1 aromatic rings. The molecule has 23 heavy (non-hydrogen) atoms. The van der Waals surface area contributed by atoms with Gasteiger partial charge in [-0.2, -0.15) is 0 Å². The van der Waals surface area contributed by atoms with Crippen molar-refractivity contribution in [3.8, 4) is 0 Å². The second kappa shape index (κ2) is 6.24. The quantitative estimate of drug-likeness (QED) is 0.840. The SMILES string of the molecule is CCN1CCN(C2CCN(C(=O)c3cc(C4CC4)on3)C2)CC1. The Bertz CT molecular complexity index is 561. The van der Waals surface area contributed by atoms with E-state index in [4.69, 9.17) is 4.52 Å². The summed E-state index contributed by atoms with van der Waals surface area (Å²) in [7, 11) is 0. The van der Waals surface area contributed by atoms with Gasteiger partial charge in [0.15, 0.2) is 5.69 Å². The number of rotatable bonds is 4. The van der Waals surface area contributed by atoms with Gasteiger partial charge < -0.3 is 14.3 Å². The Kier molecular flexibility index (Phi) is 4.11. The summed E-state index contributed by atoms with van der Waals surface area (Å²) in [5.41, 5.74) is 0.489. The molecule has 1 aliphatic carbocycles. The maximum Gasteiger partial charge on any atom is 0.276 e. The van der Waals surface area contributed by atoms with E-state index in [1.807, 2.05) is 11.0 Å². The number of nitrogens with zero attached hydrogens (tertiary/aromatic N) is 4. The zero-order chi connectivity index (χ0) is 15.8. The topological polar surface area (TPSA) is 52.8 Å². The minimum atomic E-state index is 0.0374. The van der Waals surface area contributed by atoms with Crippen LogP contribution in [0.2, 0.25) is 0 Å². The fraction of sp³-hybridized carbons (Fsp3) is 0.765. The van der Waals surface area contributed by atoms with Crippen LogP contribution in [0.3, 0.4) is 0 Å². The summed E-state index contributed by atoms with van der Waals surface area (Å²) in [6.07, 6.45) is 3.40. The molecule has 0 aromatic carbocycles. The Morgan fingerprint density at radius 1 is 1.22 bits per heavy atom. The van der Waals surface area contributed by atoms with E-state index in [9.17, 15) is 4.79 Å². The molecular formula is C17H26N4O2. The zero-order valence-corrected chi connectivity index (χ0v) is 13.9. The molecule has 0 bridgehead atoms. The predicted molar refractivity (Wildman–Crippen MR) is 86.5 cm³/mol. The molecule has 1 unspecified atom stereocenters. The summed E-state index contributed by atoms with van der Waals surface area (Å²) in [6.45, 7) is 9.56. The Balaban J connectivity index is 1.33. The Hall–Kier alpha value is -1.40. The number of amides is 1. The lowest BCUT2D eigenvalue weighted by atomic mass is 10.2. The molecule has 1 atom stereocenters. The molecule has 1 saturated carbocycles. The number of likely N-dealkylation sites (tertiary alicyclic amines) is 1. The maximum absolute atomic E-state index is 12.6. The van der Waals surface area contributed by atoms with Gasteiger partial charge in [0.05, 0.1) is 0 Å². The van der Waals surface area contributed by atoms with Gasteiger partial charge in [-0.15, -0.1) is 0 Å². The number of likely N-dealkylation sites (N-methyl/N-ethyl adjacent to an activating group) is 1. The number of hydrogen-bond donors (Lipinski definition) is 0. The van der Waals surface area contributed by atoms with Gasteiger partial charge >= 0.3 is 0 Å². The lowest BCUT2D eigenvalue weighted by Gasteiger charge is -2.37. The van der Waals surface area contributed by atoms with E-state index in [0.29, 0.717) is 17.7 Å². The molecule has 0 radical (unpaired) electrons. The molecule has 3 heterocycles. The normalized spacial score (nSPS) is 26.8. The van der Waals surface area contributed by atoms with Gasteiger partial charge in [-0.25, -0.2) is 0 Å². The number of carbonyl (C=O) groups is 1. The van der Waals surface area contributed by atoms with Gasteiger partial charge in [0.2, 0.25) is 0 Å². The van der Waals surface area contributed by atoms with E-state index >= 15 is 0 Å². The summed E-state index contributed by atoms with van der Waals surface area (Å²) in [5.74, 6) is 1.43. The molecule has 3 aliphatic rings. The molecule has 2 aliphatic heterocycles. The first kappa shape index (κ1) is 15.1. The van der Waals surface area contributed by atoms with Crippen LogP contribution in [0.25, 0.3) is 0 Å². The van der Waals surface area contributed by atoms with Crippen LogP contribution in [-0.2, 0) is 0 Å². The highest BCUT2D eigenvalue weighted by molar-refractivity contribution is 5.92. The lowest BCUT2D eigenvalue weighted by Crippen LogP contribution is -2.51. The third kappa shape index (κ3) is 3.15. The van der Waals surface area contributed by atoms with Crippen molar-refractivity contribution in [1.29, 1.82) is 0 Å². The number of hydrogen-bond acceptors (Lipinski definition) is 5. The first-order chi connectivity index (χ1) is 11.2. The van der Waals surface area contributed by atoms with Crippen LogP contribution in [0.5, 0.6) is 0 Å². The van der Waals surface area contributed by atoms with E-state index in [2.05, 4.69) is 21.9 Å². The molecule has 126 valence electrons. The second-order valence-electron chi connectivity index (χ2n) is 7.05. The standard InChI is InChI=1S/C17H26N4O2/c1-2-19-7-9-20(10-8-19)14-5-6-21(12-14)17(22)15-11-16(23-18-15)13-3-4-13/h11,13-14H,2-10,12H2,1H3. The summed E-state index contributed by atoms with van der Waals surface area (Å²) in [4.78, 5) is 19.6. The van der Waals surface area contributed by atoms with Crippen molar-refractivity contribution >= 4 is 5.91 Å². The van der Waals surface area contributed by atoms with E-state index < -0.39 is 0 Å². The molecule has 1 aromatic heterocycles. The molecular weight excluding hydrogens is 292 g/mol. The molecule has 2 saturated heterocycles. The van der Waals surface area contributed by atoms with Gasteiger partial charge in [0.25, 0.3) is 5.91 Å². The molecule has 3 fully saturated rings. The Morgan fingerprint density at radius 2 is 2.00 bits per heavy atom. The lowest BCUT2D eigenvalue weighted by molar-refractivity contribution is 0.0736. The minimum absolute atomic E-state index is 0.0374. The van der Waals surface area contributed by atoms with Crippen LogP contribution < -0.4 is 0 Å². The van der Waals surface area contributed by atoms with E-state index in [-0.39, 0.29) is 5.91 Å². The highest BCUT2D eigenvalue weighted by atomic mass is 16.5.